The molecular formula is C8H16N2O. The molecule has 0 spiro atoms. The molecule has 0 radical (unpaired) electrons. The maximum absolute atomic E-state index is 10.9. The normalized spacial score (nSPS) is 38.5. The number of primary amides is 1. The van der Waals surface area contributed by atoms with E-state index in [0.717, 1.165) is 25.7 Å². The van der Waals surface area contributed by atoms with Crippen LogP contribution >= 0.6 is 0 Å². The van der Waals surface area contributed by atoms with Gasteiger partial charge in [-0.25, -0.2) is 0 Å². The Morgan fingerprint density at radius 2 is 2.18 bits per heavy atom. The summed E-state index contributed by atoms with van der Waals surface area (Å²) < 4.78 is 0. The van der Waals surface area contributed by atoms with Crippen LogP contribution in [-0.2, 0) is 4.79 Å². The van der Waals surface area contributed by atoms with E-state index in [9.17, 15) is 4.79 Å². The Morgan fingerprint density at radius 3 is 2.55 bits per heavy atom. The van der Waals surface area contributed by atoms with Crippen LogP contribution < -0.4 is 11.5 Å². The summed E-state index contributed by atoms with van der Waals surface area (Å²) >= 11 is 0. The molecule has 0 saturated heterocycles. The predicted octanol–water partition coefficient (Wildman–Crippen LogP) is 0.379. The van der Waals surface area contributed by atoms with Gasteiger partial charge in [0.15, 0.2) is 0 Å². The maximum Gasteiger partial charge on any atom is 0.222 e. The van der Waals surface area contributed by atoms with Gasteiger partial charge in [-0.15, -0.1) is 0 Å². The number of rotatable bonds is 1. The van der Waals surface area contributed by atoms with E-state index in [0.29, 0.717) is 0 Å². The van der Waals surface area contributed by atoms with Crippen molar-refractivity contribution in [2.75, 3.05) is 0 Å². The quantitative estimate of drug-likeness (QED) is 0.576. The minimum absolute atomic E-state index is 0.115. The molecule has 11 heavy (non-hydrogen) atoms. The van der Waals surface area contributed by atoms with Crippen molar-refractivity contribution in [3.05, 3.63) is 0 Å². The average molecular weight is 156 g/mol. The number of carbonyl (C=O) groups excluding carboxylic acids is 1. The topological polar surface area (TPSA) is 69.1 Å². The third-order valence-corrected chi connectivity index (χ3v) is 2.60. The van der Waals surface area contributed by atoms with Gasteiger partial charge < -0.3 is 11.5 Å². The first-order chi connectivity index (χ1) is 5.04. The minimum atomic E-state index is -0.357. The molecule has 64 valence electrons. The van der Waals surface area contributed by atoms with Crippen molar-refractivity contribution in [1.82, 2.24) is 0 Å². The third kappa shape index (κ3) is 1.71. The average Bonchev–Trinajstić information content (AvgIpc) is 1.85. The summed E-state index contributed by atoms with van der Waals surface area (Å²) in [5, 5.41) is 0. The lowest BCUT2D eigenvalue weighted by molar-refractivity contribution is -0.124. The summed E-state index contributed by atoms with van der Waals surface area (Å²) in [5.41, 5.74) is 10.8. The van der Waals surface area contributed by atoms with Gasteiger partial charge in [0.25, 0.3) is 0 Å². The van der Waals surface area contributed by atoms with Crippen molar-refractivity contribution in [3.63, 3.8) is 0 Å². The first-order valence-corrected chi connectivity index (χ1v) is 4.12. The van der Waals surface area contributed by atoms with E-state index >= 15 is 0 Å². The standard InChI is InChI=1S/C8H16N2O/c1-8(10)5-3-2-4-6(8)7(9)11/h6H,2-5,10H2,1H3,(H2,9,11). The van der Waals surface area contributed by atoms with Crippen molar-refractivity contribution in [2.45, 2.75) is 38.1 Å². The van der Waals surface area contributed by atoms with E-state index in [1.54, 1.807) is 0 Å². The van der Waals surface area contributed by atoms with Gasteiger partial charge in [0, 0.05) is 5.54 Å². The van der Waals surface area contributed by atoms with Gasteiger partial charge in [-0.2, -0.15) is 0 Å². The second-order valence-electron chi connectivity index (χ2n) is 3.71. The molecule has 0 aliphatic heterocycles. The molecule has 0 aromatic rings. The van der Waals surface area contributed by atoms with Crippen molar-refractivity contribution < 1.29 is 4.79 Å². The molecule has 3 nitrogen and oxygen atoms in total. The highest BCUT2D eigenvalue weighted by atomic mass is 16.1. The molecule has 1 aliphatic carbocycles. The summed E-state index contributed by atoms with van der Waals surface area (Å²) in [6.07, 6.45) is 3.99. The van der Waals surface area contributed by atoms with E-state index in [4.69, 9.17) is 11.5 Å². The van der Waals surface area contributed by atoms with Gasteiger partial charge >= 0.3 is 0 Å². The number of amides is 1. The van der Waals surface area contributed by atoms with Gasteiger partial charge in [-0.05, 0) is 19.8 Å². The van der Waals surface area contributed by atoms with Crippen molar-refractivity contribution in [2.24, 2.45) is 17.4 Å². The highest BCUT2D eigenvalue weighted by molar-refractivity contribution is 5.78. The van der Waals surface area contributed by atoms with Crippen LogP contribution in [0.2, 0.25) is 0 Å². The lowest BCUT2D eigenvalue weighted by Gasteiger charge is -2.36. The smallest absolute Gasteiger partial charge is 0.222 e. The number of hydrogen-bond donors (Lipinski definition) is 2. The van der Waals surface area contributed by atoms with Gasteiger partial charge in [-0.1, -0.05) is 12.8 Å². The van der Waals surface area contributed by atoms with Crippen LogP contribution in [0.15, 0.2) is 0 Å². The molecule has 2 unspecified atom stereocenters. The van der Waals surface area contributed by atoms with Crippen LogP contribution in [0, 0.1) is 5.92 Å². The summed E-state index contributed by atoms with van der Waals surface area (Å²) in [5.74, 6) is -0.356. The Kier molecular flexibility index (Phi) is 2.18. The first-order valence-electron chi connectivity index (χ1n) is 4.12. The van der Waals surface area contributed by atoms with Crippen LogP contribution in [0.4, 0.5) is 0 Å². The summed E-state index contributed by atoms with van der Waals surface area (Å²) in [6.45, 7) is 1.92. The van der Waals surface area contributed by atoms with Crippen LogP contribution in [0.3, 0.4) is 0 Å². The second-order valence-corrected chi connectivity index (χ2v) is 3.71. The maximum atomic E-state index is 10.9. The Morgan fingerprint density at radius 1 is 1.55 bits per heavy atom. The molecule has 0 aromatic carbocycles. The zero-order valence-corrected chi connectivity index (χ0v) is 6.97. The molecule has 4 N–H and O–H groups in total. The largest absolute Gasteiger partial charge is 0.369 e. The Hall–Kier alpha value is -0.570. The van der Waals surface area contributed by atoms with Crippen molar-refractivity contribution >= 4 is 5.91 Å². The molecule has 1 rings (SSSR count). The number of nitrogens with two attached hydrogens (primary N) is 2. The molecule has 1 amide bonds. The molecule has 1 aliphatic rings. The van der Waals surface area contributed by atoms with Crippen LogP contribution in [0.25, 0.3) is 0 Å². The van der Waals surface area contributed by atoms with Crippen LogP contribution in [-0.4, -0.2) is 11.4 Å². The summed E-state index contributed by atoms with van der Waals surface area (Å²) in [4.78, 5) is 10.9. The fourth-order valence-electron chi connectivity index (χ4n) is 1.83. The monoisotopic (exact) mass is 156 g/mol. The van der Waals surface area contributed by atoms with Gasteiger partial charge in [0.05, 0.1) is 5.92 Å². The highest BCUT2D eigenvalue weighted by Crippen LogP contribution is 2.30. The lowest BCUT2D eigenvalue weighted by atomic mass is 9.74. The van der Waals surface area contributed by atoms with Crippen LogP contribution in [0.1, 0.15) is 32.6 Å². The zero-order valence-electron chi connectivity index (χ0n) is 6.97. The predicted molar refractivity (Wildman–Crippen MR) is 43.7 cm³/mol. The highest BCUT2D eigenvalue weighted by Gasteiger charge is 2.36. The summed E-state index contributed by atoms with van der Waals surface area (Å²) in [7, 11) is 0. The molecule has 0 bridgehead atoms. The number of hydrogen-bond acceptors (Lipinski definition) is 2. The van der Waals surface area contributed by atoms with E-state index in [1.807, 2.05) is 6.92 Å². The molecule has 0 heterocycles. The van der Waals surface area contributed by atoms with Crippen molar-refractivity contribution in [3.8, 4) is 0 Å². The summed E-state index contributed by atoms with van der Waals surface area (Å²) in [6, 6.07) is 0. The Balaban J connectivity index is 2.67. The SMILES string of the molecule is CC1(N)CCCCC1C(N)=O. The fraction of sp³-hybridized carbons (Fsp3) is 0.875. The third-order valence-electron chi connectivity index (χ3n) is 2.60. The molecule has 1 fully saturated rings. The molecule has 3 heteroatoms. The minimum Gasteiger partial charge on any atom is -0.369 e. The second kappa shape index (κ2) is 2.81. The number of carbonyl (C=O) groups is 1. The van der Waals surface area contributed by atoms with Crippen molar-refractivity contribution in [1.29, 1.82) is 0 Å². The van der Waals surface area contributed by atoms with E-state index in [-0.39, 0.29) is 17.4 Å². The molecule has 1 saturated carbocycles. The Labute approximate surface area is 67.1 Å². The molecule has 2 atom stereocenters. The zero-order chi connectivity index (χ0) is 8.48. The van der Waals surface area contributed by atoms with Gasteiger partial charge in [-0.3, -0.25) is 4.79 Å². The molecule has 0 aromatic heterocycles. The van der Waals surface area contributed by atoms with E-state index < -0.39 is 0 Å². The Bertz CT molecular complexity index is 165. The van der Waals surface area contributed by atoms with Gasteiger partial charge in [0.1, 0.15) is 0 Å². The fourth-order valence-corrected chi connectivity index (χ4v) is 1.83. The van der Waals surface area contributed by atoms with E-state index in [1.165, 1.54) is 0 Å². The lowest BCUT2D eigenvalue weighted by Crippen LogP contribution is -2.51. The van der Waals surface area contributed by atoms with Gasteiger partial charge in [0.2, 0.25) is 5.91 Å². The van der Waals surface area contributed by atoms with Crippen LogP contribution in [0.5, 0.6) is 0 Å². The first kappa shape index (κ1) is 8.53. The molecular weight excluding hydrogens is 140 g/mol. The van der Waals surface area contributed by atoms with E-state index in [2.05, 4.69) is 0 Å².